The predicted molar refractivity (Wildman–Crippen MR) is 96.5 cm³/mol. The van der Waals surface area contributed by atoms with E-state index in [1.54, 1.807) is 0 Å². The highest BCUT2D eigenvalue weighted by Gasteiger charge is 2.18. The smallest absolute Gasteiger partial charge is 0.234 e. The summed E-state index contributed by atoms with van der Waals surface area (Å²) in [6.07, 6.45) is 0.603. The number of likely N-dealkylation sites (N-methyl/N-ethyl adjacent to an activating group) is 1. The second-order valence-corrected chi connectivity index (χ2v) is 6.12. The summed E-state index contributed by atoms with van der Waals surface area (Å²) in [7, 11) is 1.92. The normalized spacial score (nSPS) is 12.2. The van der Waals surface area contributed by atoms with E-state index in [4.69, 9.17) is 0 Å². The summed E-state index contributed by atoms with van der Waals surface area (Å²) >= 11 is 0. The highest BCUT2D eigenvalue weighted by molar-refractivity contribution is 5.78. The van der Waals surface area contributed by atoms with E-state index in [1.165, 1.54) is 5.56 Å². The lowest BCUT2D eigenvalue weighted by molar-refractivity contribution is -0.122. The van der Waals surface area contributed by atoms with E-state index in [9.17, 15) is 9.90 Å². The summed E-state index contributed by atoms with van der Waals surface area (Å²) in [5.41, 5.74) is 3.41. The molecule has 0 aliphatic rings. The van der Waals surface area contributed by atoms with Crippen LogP contribution in [0.3, 0.4) is 0 Å². The maximum absolute atomic E-state index is 12.2. The Bertz CT molecular complexity index is 626. The van der Waals surface area contributed by atoms with Gasteiger partial charge in [-0.05, 0) is 31.5 Å². The molecule has 1 unspecified atom stereocenters. The van der Waals surface area contributed by atoms with Gasteiger partial charge < -0.3 is 10.4 Å². The standard InChI is InChI=1S/C20H26N2O2/c1-16-8-10-17(11-9-16)14-21-20(24)15-22(2)19(12-13-23)18-6-4-3-5-7-18/h3-11,19,23H,12-15H2,1-2H3,(H,21,24). The quantitative estimate of drug-likeness (QED) is 0.784. The number of benzene rings is 2. The van der Waals surface area contributed by atoms with Gasteiger partial charge in [-0.2, -0.15) is 0 Å². The first-order valence-electron chi connectivity index (χ1n) is 8.28. The molecule has 2 aromatic rings. The van der Waals surface area contributed by atoms with Crippen LogP contribution in [0, 0.1) is 6.92 Å². The summed E-state index contributed by atoms with van der Waals surface area (Å²) in [4.78, 5) is 14.2. The predicted octanol–water partition coefficient (Wildman–Crippen LogP) is 2.67. The van der Waals surface area contributed by atoms with Crippen molar-refractivity contribution < 1.29 is 9.90 Å². The van der Waals surface area contributed by atoms with Crippen LogP contribution in [0.1, 0.15) is 29.2 Å². The molecular formula is C20H26N2O2. The van der Waals surface area contributed by atoms with Gasteiger partial charge >= 0.3 is 0 Å². The largest absolute Gasteiger partial charge is 0.396 e. The Morgan fingerprint density at radius 3 is 2.42 bits per heavy atom. The molecule has 1 amide bonds. The second-order valence-electron chi connectivity index (χ2n) is 6.12. The lowest BCUT2D eigenvalue weighted by Crippen LogP contribution is -2.37. The summed E-state index contributed by atoms with van der Waals surface area (Å²) < 4.78 is 0. The Hall–Kier alpha value is -2.17. The third kappa shape index (κ3) is 5.48. The van der Waals surface area contributed by atoms with Crippen LogP contribution >= 0.6 is 0 Å². The van der Waals surface area contributed by atoms with E-state index in [1.807, 2.05) is 73.5 Å². The van der Waals surface area contributed by atoms with Crippen molar-refractivity contribution in [1.29, 1.82) is 0 Å². The molecule has 0 aliphatic carbocycles. The van der Waals surface area contributed by atoms with E-state index in [0.717, 1.165) is 11.1 Å². The van der Waals surface area contributed by atoms with Crippen molar-refractivity contribution in [3.63, 3.8) is 0 Å². The van der Waals surface area contributed by atoms with Crippen molar-refractivity contribution >= 4 is 5.91 Å². The van der Waals surface area contributed by atoms with E-state index in [-0.39, 0.29) is 18.6 Å². The van der Waals surface area contributed by atoms with Crippen molar-refractivity contribution in [3.8, 4) is 0 Å². The van der Waals surface area contributed by atoms with Crippen LogP contribution in [0.15, 0.2) is 54.6 Å². The number of carbonyl (C=O) groups excluding carboxylic acids is 1. The Balaban J connectivity index is 1.90. The number of rotatable bonds is 8. The Morgan fingerprint density at radius 1 is 1.12 bits per heavy atom. The highest BCUT2D eigenvalue weighted by atomic mass is 16.3. The lowest BCUT2D eigenvalue weighted by Gasteiger charge is -2.27. The average Bonchev–Trinajstić information content (AvgIpc) is 2.60. The van der Waals surface area contributed by atoms with Gasteiger partial charge in [0.1, 0.15) is 0 Å². The van der Waals surface area contributed by atoms with Gasteiger partial charge in [-0.15, -0.1) is 0 Å². The number of nitrogens with one attached hydrogen (secondary N) is 1. The van der Waals surface area contributed by atoms with Crippen LogP contribution < -0.4 is 5.32 Å². The van der Waals surface area contributed by atoms with Crippen LogP contribution in [0.25, 0.3) is 0 Å². The molecular weight excluding hydrogens is 300 g/mol. The number of amides is 1. The molecule has 0 heterocycles. The average molecular weight is 326 g/mol. The first kappa shape index (κ1) is 18.2. The van der Waals surface area contributed by atoms with Gasteiger partial charge in [-0.3, -0.25) is 9.69 Å². The van der Waals surface area contributed by atoms with Crippen molar-refractivity contribution in [2.75, 3.05) is 20.2 Å². The minimum Gasteiger partial charge on any atom is -0.396 e. The molecule has 4 heteroatoms. The fourth-order valence-electron chi connectivity index (χ4n) is 2.74. The fourth-order valence-corrected chi connectivity index (χ4v) is 2.74. The molecule has 2 rings (SSSR count). The zero-order valence-electron chi connectivity index (χ0n) is 14.4. The minimum atomic E-state index is -0.0167. The first-order valence-corrected chi connectivity index (χ1v) is 8.28. The SMILES string of the molecule is Cc1ccc(CNC(=O)CN(C)C(CCO)c2ccccc2)cc1. The van der Waals surface area contributed by atoms with E-state index in [2.05, 4.69) is 5.32 Å². The Morgan fingerprint density at radius 2 is 1.79 bits per heavy atom. The van der Waals surface area contributed by atoms with E-state index < -0.39 is 0 Å². The number of hydrogen-bond acceptors (Lipinski definition) is 3. The molecule has 0 aliphatic heterocycles. The molecule has 1 atom stereocenters. The molecule has 0 aromatic heterocycles. The molecule has 0 saturated carbocycles. The fraction of sp³-hybridized carbons (Fsp3) is 0.350. The molecule has 4 nitrogen and oxygen atoms in total. The second kappa shape index (κ2) is 9.21. The third-order valence-corrected chi connectivity index (χ3v) is 4.12. The molecule has 0 radical (unpaired) electrons. The molecule has 24 heavy (non-hydrogen) atoms. The Kier molecular flexibility index (Phi) is 6.97. The van der Waals surface area contributed by atoms with Crippen LogP contribution in [-0.4, -0.2) is 36.1 Å². The molecule has 0 bridgehead atoms. The number of aliphatic hydroxyl groups is 1. The first-order chi connectivity index (χ1) is 11.6. The van der Waals surface area contributed by atoms with E-state index in [0.29, 0.717) is 19.5 Å². The number of carbonyl (C=O) groups is 1. The van der Waals surface area contributed by atoms with Gasteiger partial charge in [0.15, 0.2) is 0 Å². The minimum absolute atomic E-state index is 0.0167. The van der Waals surface area contributed by atoms with Gasteiger partial charge in [-0.25, -0.2) is 0 Å². The molecule has 128 valence electrons. The number of aryl methyl sites for hydroxylation is 1. The highest BCUT2D eigenvalue weighted by Crippen LogP contribution is 2.22. The number of aliphatic hydroxyl groups excluding tert-OH is 1. The lowest BCUT2D eigenvalue weighted by atomic mass is 10.0. The monoisotopic (exact) mass is 326 g/mol. The van der Waals surface area contributed by atoms with Crippen LogP contribution in [0.5, 0.6) is 0 Å². The van der Waals surface area contributed by atoms with Crippen molar-refractivity contribution in [2.45, 2.75) is 25.9 Å². The molecule has 0 spiro atoms. The van der Waals surface area contributed by atoms with Crippen molar-refractivity contribution in [3.05, 3.63) is 71.3 Å². The zero-order valence-corrected chi connectivity index (χ0v) is 14.4. The van der Waals surface area contributed by atoms with Crippen molar-refractivity contribution in [2.24, 2.45) is 0 Å². The summed E-state index contributed by atoms with van der Waals surface area (Å²) in [6, 6.07) is 18.1. The molecule has 2 N–H and O–H groups in total. The van der Waals surface area contributed by atoms with Gasteiger partial charge in [0.25, 0.3) is 0 Å². The molecule has 0 saturated heterocycles. The maximum Gasteiger partial charge on any atom is 0.234 e. The van der Waals surface area contributed by atoms with Gasteiger partial charge in [-0.1, -0.05) is 60.2 Å². The van der Waals surface area contributed by atoms with Gasteiger partial charge in [0, 0.05) is 19.2 Å². The third-order valence-electron chi connectivity index (χ3n) is 4.12. The maximum atomic E-state index is 12.2. The number of nitrogens with zero attached hydrogens (tertiary/aromatic N) is 1. The zero-order chi connectivity index (χ0) is 17.4. The summed E-state index contributed by atoms with van der Waals surface area (Å²) in [5.74, 6) is -0.0167. The van der Waals surface area contributed by atoms with E-state index >= 15 is 0 Å². The van der Waals surface area contributed by atoms with Crippen molar-refractivity contribution in [1.82, 2.24) is 10.2 Å². The van der Waals surface area contributed by atoms with Gasteiger partial charge in [0.05, 0.1) is 6.54 Å². The topological polar surface area (TPSA) is 52.6 Å². The molecule has 2 aromatic carbocycles. The molecule has 0 fully saturated rings. The number of hydrogen-bond donors (Lipinski definition) is 2. The summed E-state index contributed by atoms with van der Waals surface area (Å²) in [6.45, 7) is 2.96. The summed E-state index contributed by atoms with van der Waals surface area (Å²) in [5, 5.41) is 12.3. The Labute approximate surface area is 144 Å². The van der Waals surface area contributed by atoms with Crippen LogP contribution in [0.4, 0.5) is 0 Å². The van der Waals surface area contributed by atoms with Gasteiger partial charge in [0.2, 0.25) is 5.91 Å². The van der Waals surface area contributed by atoms with Crippen LogP contribution in [0.2, 0.25) is 0 Å². The van der Waals surface area contributed by atoms with Crippen LogP contribution in [-0.2, 0) is 11.3 Å².